The molecule has 110 valence electrons. The number of alkyl halides is 9. The summed E-state index contributed by atoms with van der Waals surface area (Å²) < 4.78 is 102. The molecule has 0 aliphatic heterocycles. The first-order chi connectivity index (χ1) is 7.67. The Morgan fingerprint density at radius 1 is 1.00 bits per heavy atom. The summed E-state index contributed by atoms with van der Waals surface area (Å²) in [6.07, 6.45) is -13.0. The fraction of sp³-hybridized carbons (Fsp3) is 1.00. The predicted molar refractivity (Wildman–Crippen MR) is 50.0 cm³/mol. The van der Waals surface area contributed by atoms with Crippen LogP contribution in [0.4, 0.5) is 35.1 Å². The van der Waals surface area contributed by atoms with E-state index in [0.29, 0.717) is 0 Å². The number of rotatable bonds is 5. The fourth-order valence-electron chi connectivity index (χ4n) is 1.24. The smallest absolute Gasteiger partial charge is 0.239 e. The summed E-state index contributed by atoms with van der Waals surface area (Å²) in [5, 5.41) is 0. The van der Waals surface area contributed by atoms with E-state index < -0.39 is 41.9 Å². The third-order valence-electron chi connectivity index (χ3n) is 2.35. The van der Waals surface area contributed by atoms with E-state index in [2.05, 4.69) is 0 Å². The molecule has 0 radical (unpaired) electrons. The van der Waals surface area contributed by atoms with Crippen LogP contribution < -0.4 is 0 Å². The zero-order valence-electron chi connectivity index (χ0n) is 9.39. The average molecular weight is 307 g/mol. The maximum Gasteiger partial charge on any atom is 0.410 e. The molecule has 0 nitrogen and oxygen atoms in total. The van der Waals surface area contributed by atoms with Crippen LogP contribution in [0.15, 0.2) is 0 Å². The highest BCUT2D eigenvalue weighted by Crippen LogP contribution is 2.50. The third-order valence-corrected chi connectivity index (χ3v) is 2.89. The van der Waals surface area contributed by atoms with E-state index in [1.165, 1.54) is 0 Å². The zero-order valence-corrected chi connectivity index (χ0v) is 10.1. The van der Waals surface area contributed by atoms with Crippen LogP contribution in [-0.4, -0.2) is 29.1 Å². The monoisotopic (exact) mass is 306 g/mol. The van der Waals surface area contributed by atoms with Gasteiger partial charge in [-0.3, -0.25) is 0 Å². The van der Waals surface area contributed by atoms with Crippen molar-refractivity contribution in [3.63, 3.8) is 0 Å². The standard InChI is InChI=1S/C9H11ClF8/c1-3-7(14,15)4-8(10,9(16,17)18)5(11)6(2,12)13/h5H,3-4H2,1-2H3. The molecule has 0 aliphatic rings. The number of hydrogen-bond donors (Lipinski definition) is 0. The Morgan fingerprint density at radius 2 is 1.39 bits per heavy atom. The Kier molecular flexibility index (Phi) is 4.94. The van der Waals surface area contributed by atoms with Crippen LogP contribution >= 0.6 is 11.6 Å². The van der Waals surface area contributed by atoms with Gasteiger partial charge in [0.25, 0.3) is 5.92 Å². The molecular formula is C9H11ClF8. The molecule has 0 aromatic rings. The van der Waals surface area contributed by atoms with Crippen molar-refractivity contribution in [3.05, 3.63) is 0 Å². The van der Waals surface area contributed by atoms with Gasteiger partial charge in [-0.15, -0.1) is 11.6 Å². The molecule has 2 atom stereocenters. The van der Waals surface area contributed by atoms with Crippen molar-refractivity contribution in [2.45, 2.75) is 55.8 Å². The SMILES string of the molecule is CCC(F)(F)CC(Cl)(C(F)C(C)(F)F)C(F)(F)F. The summed E-state index contributed by atoms with van der Waals surface area (Å²) >= 11 is 4.75. The maximum absolute atomic E-state index is 13.2. The third kappa shape index (κ3) is 3.86. The Balaban J connectivity index is 5.48. The Labute approximate surface area is 103 Å². The molecule has 9 heteroatoms. The van der Waals surface area contributed by atoms with E-state index in [0.717, 1.165) is 6.92 Å². The molecule has 0 heterocycles. The van der Waals surface area contributed by atoms with Crippen LogP contribution in [0.25, 0.3) is 0 Å². The molecule has 0 aliphatic carbocycles. The van der Waals surface area contributed by atoms with Gasteiger partial charge < -0.3 is 0 Å². The molecule has 0 saturated heterocycles. The number of hydrogen-bond acceptors (Lipinski definition) is 0. The van der Waals surface area contributed by atoms with Gasteiger partial charge in [0.15, 0.2) is 11.0 Å². The average Bonchev–Trinajstić information content (AvgIpc) is 2.12. The van der Waals surface area contributed by atoms with E-state index in [1.54, 1.807) is 0 Å². The molecule has 0 spiro atoms. The first-order valence-corrected chi connectivity index (χ1v) is 5.20. The van der Waals surface area contributed by atoms with Crippen LogP contribution in [0.2, 0.25) is 0 Å². The van der Waals surface area contributed by atoms with Gasteiger partial charge in [-0.2, -0.15) is 13.2 Å². The first kappa shape index (κ1) is 17.7. The maximum atomic E-state index is 13.2. The van der Waals surface area contributed by atoms with E-state index in [9.17, 15) is 35.1 Å². The predicted octanol–water partition coefficient (Wildman–Crippen LogP) is 4.96. The summed E-state index contributed by atoms with van der Waals surface area (Å²) in [6.45, 7) is 0.690. The number of halogens is 9. The Hall–Kier alpha value is -0.270. The summed E-state index contributed by atoms with van der Waals surface area (Å²) in [6, 6.07) is 0. The molecule has 0 aromatic heterocycles. The minimum atomic E-state index is -5.73. The van der Waals surface area contributed by atoms with Gasteiger partial charge in [-0.05, 0) is 0 Å². The van der Waals surface area contributed by atoms with Crippen LogP contribution in [0.3, 0.4) is 0 Å². The van der Waals surface area contributed by atoms with Gasteiger partial charge in [-0.1, -0.05) is 6.92 Å². The van der Waals surface area contributed by atoms with Crippen LogP contribution in [-0.2, 0) is 0 Å². The van der Waals surface area contributed by atoms with Crippen molar-refractivity contribution in [1.29, 1.82) is 0 Å². The fourth-order valence-corrected chi connectivity index (χ4v) is 1.62. The van der Waals surface area contributed by atoms with Crippen LogP contribution in [0.1, 0.15) is 26.7 Å². The van der Waals surface area contributed by atoms with Gasteiger partial charge in [0.1, 0.15) is 0 Å². The van der Waals surface area contributed by atoms with Crippen molar-refractivity contribution < 1.29 is 35.1 Å². The van der Waals surface area contributed by atoms with Crippen molar-refractivity contribution >= 4 is 11.6 Å². The van der Waals surface area contributed by atoms with E-state index in [1.807, 2.05) is 0 Å². The molecular weight excluding hydrogens is 296 g/mol. The summed E-state index contributed by atoms with van der Waals surface area (Å²) in [7, 11) is 0. The molecule has 0 fully saturated rings. The molecule has 0 amide bonds. The summed E-state index contributed by atoms with van der Waals surface area (Å²) in [5.74, 6) is -8.48. The minimum absolute atomic E-state index is 0.148. The normalized spacial score (nSPS) is 19.5. The molecule has 18 heavy (non-hydrogen) atoms. The van der Waals surface area contributed by atoms with E-state index in [4.69, 9.17) is 11.6 Å². The van der Waals surface area contributed by atoms with Crippen molar-refractivity contribution in [2.24, 2.45) is 0 Å². The van der Waals surface area contributed by atoms with Crippen LogP contribution in [0, 0.1) is 0 Å². The lowest BCUT2D eigenvalue weighted by atomic mass is 9.90. The molecule has 0 bridgehead atoms. The highest BCUT2D eigenvalue weighted by atomic mass is 35.5. The quantitative estimate of drug-likeness (QED) is 0.498. The summed E-state index contributed by atoms with van der Waals surface area (Å²) in [4.78, 5) is -4.33. The van der Waals surface area contributed by atoms with E-state index in [-0.39, 0.29) is 6.92 Å². The molecule has 0 aromatic carbocycles. The molecule has 2 unspecified atom stereocenters. The second-order valence-corrected chi connectivity index (χ2v) is 4.74. The largest absolute Gasteiger partial charge is 0.410 e. The minimum Gasteiger partial charge on any atom is -0.239 e. The van der Waals surface area contributed by atoms with Gasteiger partial charge in [0.2, 0.25) is 5.92 Å². The topological polar surface area (TPSA) is 0 Å². The Morgan fingerprint density at radius 3 is 1.61 bits per heavy atom. The molecule has 0 N–H and O–H groups in total. The highest BCUT2D eigenvalue weighted by molar-refractivity contribution is 6.25. The zero-order chi connectivity index (χ0) is 15.0. The van der Waals surface area contributed by atoms with Crippen molar-refractivity contribution in [2.75, 3.05) is 0 Å². The van der Waals surface area contributed by atoms with Crippen molar-refractivity contribution in [3.8, 4) is 0 Å². The molecule has 0 rings (SSSR count). The molecule has 0 saturated carbocycles. The lowest BCUT2D eigenvalue weighted by Crippen LogP contribution is -2.56. The van der Waals surface area contributed by atoms with Gasteiger partial charge in [0, 0.05) is 19.8 Å². The lowest BCUT2D eigenvalue weighted by Gasteiger charge is -2.37. The van der Waals surface area contributed by atoms with Crippen molar-refractivity contribution in [1.82, 2.24) is 0 Å². The second kappa shape index (κ2) is 5.02. The Bertz CT molecular complexity index is 281. The highest BCUT2D eigenvalue weighted by Gasteiger charge is 2.67. The summed E-state index contributed by atoms with van der Waals surface area (Å²) in [5.41, 5.74) is 0. The van der Waals surface area contributed by atoms with Crippen LogP contribution in [0.5, 0.6) is 0 Å². The second-order valence-electron chi connectivity index (χ2n) is 4.07. The van der Waals surface area contributed by atoms with E-state index >= 15 is 0 Å². The van der Waals surface area contributed by atoms with Gasteiger partial charge in [-0.25, -0.2) is 22.0 Å². The lowest BCUT2D eigenvalue weighted by molar-refractivity contribution is -0.221. The van der Waals surface area contributed by atoms with Gasteiger partial charge >= 0.3 is 6.18 Å². The first-order valence-electron chi connectivity index (χ1n) is 4.83. The van der Waals surface area contributed by atoms with Gasteiger partial charge in [0.05, 0.1) is 0 Å².